The molecular formula is C12H11ClN2O6. The fourth-order valence-electron chi connectivity index (χ4n) is 1.56. The Morgan fingerprint density at radius 3 is 2.00 bits per heavy atom. The van der Waals surface area contributed by atoms with Crippen molar-refractivity contribution in [3.63, 3.8) is 0 Å². The van der Waals surface area contributed by atoms with Gasteiger partial charge in [0.25, 0.3) is 5.69 Å². The summed E-state index contributed by atoms with van der Waals surface area (Å²) in [7, 11) is -4.94. The molecule has 0 radical (unpaired) electrons. The molecule has 1 heterocycles. The van der Waals surface area contributed by atoms with Crippen LogP contribution in [0.2, 0.25) is 0 Å². The van der Waals surface area contributed by atoms with E-state index in [1.807, 2.05) is 41.2 Å². The highest BCUT2D eigenvalue weighted by molar-refractivity contribution is 5.39. The Morgan fingerprint density at radius 1 is 0.952 bits per heavy atom. The maximum atomic E-state index is 10.8. The highest BCUT2D eigenvalue weighted by Crippen LogP contribution is 2.16. The number of nitro groups is 1. The van der Waals surface area contributed by atoms with Gasteiger partial charge in [0.1, 0.15) is 0 Å². The number of nitro benzene ring substituents is 1. The molecule has 0 atom stereocenters. The summed E-state index contributed by atoms with van der Waals surface area (Å²) in [5.41, 5.74) is 0.877. The van der Waals surface area contributed by atoms with Crippen LogP contribution in [-0.4, -0.2) is 4.92 Å². The SMILES string of the molecule is O=[N+]([O-])c1ccccc1C[n+]1ccccc1.[O-][Cl+3]([O-])([O-])[O-]. The second kappa shape index (κ2) is 7.62. The summed E-state index contributed by atoms with van der Waals surface area (Å²) in [5.74, 6) is 0. The first-order chi connectivity index (χ1) is 9.77. The Labute approximate surface area is 122 Å². The van der Waals surface area contributed by atoms with Crippen molar-refractivity contribution >= 4 is 5.69 Å². The third-order valence-corrected chi connectivity index (χ3v) is 2.32. The molecule has 2 aromatic rings. The van der Waals surface area contributed by atoms with Gasteiger partial charge in [0.05, 0.1) is 10.5 Å². The summed E-state index contributed by atoms with van der Waals surface area (Å²) in [4.78, 5) is 10.5. The average Bonchev–Trinajstić information content (AvgIpc) is 2.38. The van der Waals surface area contributed by atoms with Crippen LogP contribution in [0.5, 0.6) is 0 Å². The molecule has 0 spiro atoms. The molecule has 2 rings (SSSR count). The van der Waals surface area contributed by atoms with Crippen LogP contribution in [0.25, 0.3) is 0 Å². The minimum absolute atomic E-state index is 0.166. The van der Waals surface area contributed by atoms with E-state index in [-0.39, 0.29) is 10.6 Å². The Bertz CT molecular complexity index is 582. The predicted octanol–water partition coefficient (Wildman–Crippen LogP) is -2.83. The Morgan fingerprint density at radius 2 is 1.48 bits per heavy atom. The summed E-state index contributed by atoms with van der Waals surface area (Å²) in [6.45, 7) is 0.512. The van der Waals surface area contributed by atoms with E-state index < -0.39 is 10.2 Å². The van der Waals surface area contributed by atoms with Crippen LogP contribution in [0.4, 0.5) is 5.69 Å². The van der Waals surface area contributed by atoms with Crippen LogP contribution in [0, 0.1) is 20.4 Å². The first-order valence-corrected chi connectivity index (χ1v) is 6.79. The van der Waals surface area contributed by atoms with Gasteiger partial charge in [-0.15, -0.1) is 10.2 Å². The minimum atomic E-state index is -4.94. The van der Waals surface area contributed by atoms with E-state index in [2.05, 4.69) is 0 Å². The fourth-order valence-corrected chi connectivity index (χ4v) is 1.56. The van der Waals surface area contributed by atoms with Crippen LogP contribution in [-0.2, 0) is 6.54 Å². The zero-order valence-electron chi connectivity index (χ0n) is 10.6. The molecule has 0 aliphatic rings. The number of halogens is 1. The van der Waals surface area contributed by atoms with Crippen molar-refractivity contribution in [2.45, 2.75) is 6.54 Å². The molecule has 0 fully saturated rings. The fraction of sp³-hybridized carbons (Fsp3) is 0.0833. The normalized spacial score (nSPS) is 10.5. The topological polar surface area (TPSA) is 139 Å². The van der Waals surface area contributed by atoms with Crippen LogP contribution in [0.3, 0.4) is 0 Å². The molecule has 0 aliphatic carbocycles. The van der Waals surface area contributed by atoms with Crippen molar-refractivity contribution in [2.75, 3.05) is 0 Å². The molecule has 0 unspecified atom stereocenters. The molecule has 0 bridgehead atoms. The first kappa shape index (κ1) is 17.0. The first-order valence-electron chi connectivity index (χ1n) is 5.55. The minimum Gasteiger partial charge on any atom is -0.258 e. The van der Waals surface area contributed by atoms with Gasteiger partial charge in [-0.2, -0.15) is 0 Å². The number of nitrogens with zero attached hydrogens (tertiary/aromatic N) is 2. The zero-order chi connectivity index (χ0) is 15.9. The van der Waals surface area contributed by atoms with Crippen molar-refractivity contribution in [3.8, 4) is 0 Å². The standard InChI is InChI=1S/C12H11N2O2.ClHO4/c15-14(16)12-7-3-2-6-11(12)10-13-8-4-1-5-9-13;2-1(3,4)5/h1-9H,10H2;(H,2,3,4,5)/q+1;/p-1. The van der Waals surface area contributed by atoms with Gasteiger partial charge in [-0.25, -0.2) is 23.2 Å². The molecule has 1 aromatic heterocycles. The summed E-state index contributed by atoms with van der Waals surface area (Å²) >= 11 is 0. The van der Waals surface area contributed by atoms with E-state index in [1.165, 1.54) is 6.07 Å². The van der Waals surface area contributed by atoms with Gasteiger partial charge in [-0.05, 0) is 6.07 Å². The number of rotatable bonds is 3. The van der Waals surface area contributed by atoms with E-state index in [0.29, 0.717) is 12.1 Å². The molecule has 112 valence electrons. The highest BCUT2D eigenvalue weighted by atomic mass is 35.7. The lowest BCUT2D eigenvalue weighted by molar-refractivity contribution is -2.00. The molecular weight excluding hydrogens is 304 g/mol. The molecule has 0 amide bonds. The number of para-hydroxylation sites is 1. The van der Waals surface area contributed by atoms with Crippen LogP contribution < -0.4 is 23.2 Å². The lowest BCUT2D eigenvalue weighted by Gasteiger charge is -2.17. The van der Waals surface area contributed by atoms with Gasteiger partial charge < -0.3 is 0 Å². The van der Waals surface area contributed by atoms with Crippen LogP contribution in [0.15, 0.2) is 54.9 Å². The van der Waals surface area contributed by atoms with Crippen LogP contribution in [0.1, 0.15) is 5.56 Å². The Balaban J connectivity index is 0.000000383. The van der Waals surface area contributed by atoms with E-state index in [1.54, 1.807) is 12.1 Å². The van der Waals surface area contributed by atoms with Crippen molar-refractivity contribution < 1.29 is 38.4 Å². The average molecular weight is 315 g/mol. The molecule has 0 aliphatic heterocycles. The number of pyridine rings is 1. The second-order valence-electron chi connectivity index (χ2n) is 3.81. The van der Waals surface area contributed by atoms with Gasteiger partial charge in [0.15, 0.2) is 18.9 Å². The summed E-state index contributed by atoms with van der Waals surface area (Å²) < 4.78 is 35.9. The number of hydrogen-bond acceptors (Lipinski definition) is 6. The van der Waals surface area contributed by atoms with Crippen molar-refractivity contribution in [2.24, 2.45) is 0 Å². The number of benzene rings is 1. The third kappa shape index (κ3) is 7.30. The van der Waals surface area contributed by atoms with Crippen molar-refractivity contribution in [1.82, 2.24) is 0 Å². The van der Waals surface area contributed by atoms with Gasteiger partial charge in [-0.3, -0.25) is 10.1 Å². The van der Waals surface area contributed by atoms with Gasteiger partial charge in [0.2, 0.25) is 0 Å². The van der Waals surface area contributed by atoms with Crippen LogP contribution >= 0.6 is 0 Å². The Hall–Kier alpha value is -2.10. The maximum absolute atomic E-state index is 10.8. The number of hydrogen-bond donors (Lipinski definition) is 0. The lowest BCUT2D eigenvalue weighted by Crippen LogP contribution is -2.68. The summed E-state index contributed by atoms with van der Waals surface area (Å²) in [6.07, 6.45) is 3.77. The van der Waals surface area contributed by atoms with Crippen molar-refractivity contribution in [1.29, 1.82) is 0 Å². The van der Waals surface area contributed by atoms with Crippen molar-refractivity contribution in [3.05, 3.63) is 70.5 Å². The number of aromatic nitrogens is 1. The molecule has 0 saturated heterocycles. The monoisotopic (exact) mass is 314 g/mol. The second-order valence-corrected chi connectivity index (χ2v) is 4.57. The third-order valence-electron chi connectivity index (χ3n) is 2.32. The maximum Gasteiger partial charge on any atom is 0.278 e. The van der Waals surface area contributed by atoms with E-state index >= 15 is 0 Å². The molecule has 8 nitrogen and oxygen atoms in total. The lowest BCUT2D eigenvalue weighted by atomic mass is 10.2. The van der Waals surface area contributed by atoms with Gasteiger partial charge in [0, 0.05) is 18.2 Å². The summed E-state index contributed by atoms with van der Waals surface area (Å²) in [5, 5.41) is 10.8. The summed E-state index contributed by atoms with van der Waals surface area (Å²) in [6, 6.07) is 12.5. The smallest absolute Gasteiger partial charge is 0.258 e. The highest BCUT2D eigenvalue weighted by Gasteiger charge is 2.15. The Kier molecular flexibility index (Phi) is 6.15. The van der Waals surface area contributed by atoms with E-state index in [4.69, 9.17) is 18.6 Å². The van der Waals surface area contributed by atoms with Gasteiger partial charge >= 0.3 is 0 Å². The molecule has 21 heavy (non-hydrogen) atoms. The molecule has 0 N–H and O–H groups in total. The largest absolute Gasteiger partial charge is 0.278 e. The predicted molar refractivity (Wildman–Crippen MR) is 58.8 cm³/mol. The molecule has 0 saturated carbocycles. The van der Waals surface area contributed by atoms with E-state index in [9.17, 15) is 10.1 Å². The zero-order valence-corrected chi connectivity index (χ0v) is 11.4. The van der Waals surface area contributed by atoms with Gasteiger partial charge in [-0.1, -0.05) is 18.2 Å². The van der Waals surface area contributed by atoms with E-state index in [0.717, 1.165) is 0 Å². The molecule has 1 aromatic carbocycles. The molecule has 9 heteroatoms. The quantitative estimate of drug-likeness (QED) is 0.340.